The van der Waals surface area contributed by atoms with Crippen LogP contribution in [0.3, 0.4) is 0 Å². The van der Waals surface area contributed by atoms with E-state index in [1.165, 1.54) is 0 Å². The summed E-state index contributed by atoms with van der Waals surface area (Å²) in [5.74, 6) is 1.28. The van der Waals surface area contributed by atoms with Gasteiger partial charge >= 0.3 is 0 Å². The number of rotatable bonds is 6. The number of nitrogens with two attached hydrogens (primary N) is 2. The van der Waals surface area contributed by atoms with Crippen molar-refractivity contribution >= 4 is 17.0 Å². The third-order valence-corrected chi connectivity index (χ3v) is 6.40. The quantitative estimate of drug-likeness (QED) is 0.399. The Morgan fingerprint density at radius 3 is 2.59 bits per heavy atom. The molecule has 0 saturated heterocycles. The first-order valence-corrected chi connectivity index (χ1v) is 11.7. The van der Waals surface area contributed by atoms with Crippen LogP contribution in [0.5, 0.6) is 5.88 Å². The molecule has 9 nitrogen and oxygen atoms in total. The SMILES string of the molecule is CCOc1ccc(Nc2ccc3ncc(-c4nc(C5(N)CCC(N)CC5)ncc4C)n3c2)cn1. The number of fused-ring (bicyclic) bond motifs is 1. The van der Waals surface area contributed by atoms with Crippen molar-refractivity contribution < 1.29 is 4.74 Å². The van der Waals surface area contributed by atoms with Gasteiger partial charge in [-0.05, 0) is 63.3 Å². The minimum absolute atomic E-state index is 0.205. The topological polar surface area (TPSA) is 129 Å². The molecule has 4 heterocycles. The van der Waals surface area contributed by atoms with Crippen LogP contribution in [-0.2, 0) is 5.54 Å². The Labute approximate surface area is 198 Å². The molecule has 0 unspecified atom stereocenters. The van der Waals surface area contributed by atoms with Crippen LogP contribution in [-0.4, -0.2) is 37.0 Å². The van der Waals surface area contributed by atoms with Crippen molar-refractivity contribution in [3.8, 4) is 17.3 Å². The first-order chi connectivity index (χ1) is 16.4. The van der Waals surface area contributed by atoms with Gasteiger partial charge in [0.1, 0.15) is 11.5 Å². The molecule has 0 aliphatic heterocycles. The summed E-state index contributed by atoms with van der Waals surface area (Å²) in [7, 11) is 0. The van der Waals surface area contributed by atoms with Gasteiger partial charge in [0.2, 0.25) is 5.88 Å². The molecule has 4 aromatic rings. The van der Waals surface area contributed by atoms with Crippen LogP contribution in [0.1, 0.15) is 44.0 Å². The fourth-order valence-corrected chi connectivity index (χ4v) is 4.40. The van der Waals surface area contributed by atoms with E-state index in [1.807, 2.05) is 61.1 Å². The minimum Gasteiger partial charge on any atom is -0.478 e. The second-order valence-electron chi connectivity index (χ2n) is 8.95. The summed E-state index contributed by atoms with van der Waals surface area (Å²) in [6, 6.07) is 7.95. The lowest BCUT2D eigenvalue weighted by molar-refractivity contribution is 0.264. The van der Waals surface area contributed by atoms with Crippen LogP contribution in [0.4, 0.5) is 11.4 Å². The molecule has 9 heteroatoms. The van der Waals surface area contributed by atoms with Crippen LogP contribution in [0.25, 0.3) is 17.0 Å². The van der Waals surface area contributed by atoms with E-state index in [9.17, 15) is 0 Å². The van der Waals surface area contributed by atoms with Crippen LogP contribution in [0, 0.1) is 6.92 Å². The number of hydrogen-bond acceptors (Lipinski definition) is 8. The number of hydrogen-bond donors (Lipinski definition) is 3. The highest BCUT2D eigenvalue weighted by atomic mass is 16.5. The van der Waals surface area contributed by atoms with Gasteiger partial charge in [0.05, 0.1) is 47.3 Å². The molecule has 5 rings (SSSR count). The Bertz CT molecular complexity index is 1290. The zero-order chi connectivity index (χ0) is 23.7. The maximum Gasteiger partial charge on any atom is 0.213 e. The fourth-order valence-electron chi connectivity index (χ4n) is 4.40. The molecule has 0 spiro atoms. The Kier molecular flexibility index (Phi) is 5.89. The number of ether oxygens (including phenoxy) is 1. The van der Waals surface area contributed by atoms with Gasteiger partial charge in [-0.3, -0.25) is 4.40 Å². The lowest BCUT2D eigenvalue weighted by Crippen LogP contribution is -2.45. The first kappa shape index (κ1) is 22.2. The van der Waals surface area contributed by atoms with E-state index in [0.29, 0.717) is 18.3 Å². The minimum atomic E-state index is -0.549. The largest absolute Gasteiger partial charge is 0.478 e. The highest BCUT2D eigenvalue weighted by Gasteiger charge is 2.35. The fraction of sp³-hybridized carbons (Fsp3) is 0.360. The molecule has 1 fully saturated rings. The Morgan fingerprint density at radius 2 is 1.85 bits per heavy atom. The summed E-state index contributed by atoms with van der Waals surface area (Å²) in [5, 5.41) is 3.39. The normalized spacial score (nSPS) is 20.4. The molecular weight excluding hydrogens is 428 g/mol. The van der Waals surface area contributed by atoms with Crippen LogP contribution < -0.4 is 21.5 Å². The van der Waals surface area contributed by atoms with Gasteiger partial charge < -0.3 is 21.5 Å². The second kappa shape index (κ2) is 9.00. The molecule has 34 heavy (non-hydrogen) atoms. The number of anilines is 2. The van der Waals surface area contributed by atoms with Crippen molar-refractivity contribution in [1.29, 1.82) is 0 Å². The molecule has 1 saturated carbocycles. The number of aromatic nitrogens is 5. The molecule has 0 atom stereocenters. The van der Waals surface area contributed by atoms with E-state index in [1.54, 1.807) is 6.20 Å². The first-order valence-electron chi connectivity index (χ1n) is 11.7. The molecule has 4 aromatic heterocycles. The van der Waals surface area contributed by atoms with Crippen molar-refractivity contribution in [2.24, 2.45) is 11.5 Å². The van der Waals surface area contributed by atoms with Crippen LogP contribution in [0.15, 0.2) is 49.1 Å². The number of imidazole rings is 1. The molecule has 1 aliphatic rings. The van der Waals surface area contributed by atoms with Gasteiger partial charge in [-0.1, -0.05) is 0 Å². The van der Waals surface area contributed by atoms with Crippen molar-refractivity contribution in [1.82, 2.24) is 24.3 Å². The highest BCUT2D eigenvalue weighted by Crippen LogP contribution is 2.34. The lowest BCUT2D eigenvalue weighted by atomic mass is 9.79. The molecule has 1 aliphatic carbocycles. The highest BCUT2D eigenvalue weighted by molar-refractivity contribution is 5.67. The van der Waals surface area contributed by atoms with Crippen molar-refractivity contribution in [2.75, 3.05) is 11.9 Å². The summed E-state index contributed by atoms with van der Waals surface area (Å²) >= 11 is 0. The zero-order valence-corrected chi connectivity index (χ0v) is 19.5. The molecule has 176 valence electrons. The molecule has 0 amide bonds. The molecule has 0 bridgehead atoms. The number of nitrogens with zero attached hydrogens (tertiary/aromatic N) is 5. The van der Waals surface area contributed by atoms with Gasteiger partial charge in [0, 0.05) is 24.5 Å². The van der Waals surface area contributed by atoms with E-state index < -0.39 is 5.54 Å². The second-order valence-corrected chi connectivity index (χ2v) is 8.95. The maximum atomic E-state index is 6.74. The summed E-state index contributed by atoms with van der Waals surface area (Å²) in [6.07, 6.45) is 10.8. The summed E-state index contributed by atoms with van der Waals surface area (Å²) in [5.41, 5.74) is 17.6. The summed E-state index contributed by atoms with van der Waals surface area (Å²) < 4.78 is 7.45. The lowest BCUT2D eigenvalue weighted by Gasteiger charge is -2.34. The predicted octanol–water partition coefficient (Wildman–Crippen LogP) is 3.69. The molecule has 0 aromatic carbocycles. The smallest absolute Gasteiger partial charge is 0.213 e. The van der Waals surface area contributed by atoms with Crippen molar-refractivity contribution in [2.45, 2.75) is 51.1 Å². The third kappa shape index (κ3) is 4.32. The monoisotopic (exact) mass is 458 g/mol. The van der Waals surface area contributed by atoms with Gasteiger partial charge in [-0.15, -0.1) is 0 Å². The van der Waals surface area contributed by atoms with Crippen LogP contribution >= 0.6 is 0 Å². The van der Waals surface area contributed by atoms with Gasteiger partial charge in [0.15, 0.2) is 0 Å². The van der Waals surface area contributed by atoms with E-state index in [0.717, 1.165) is 59.7 Å². The number of pyridine rings is 2. The van der Waals surface area contributed by atoms with E-state index in [2.05, 4.69) is 20.3 Å². The maximum absolute atomic E-state index is 6.74. The average Bonchev–Trinajstić information content (AvgIpc) is 3.26. The van der Waals surface area contributed by atoms with E-state index >= 15 is 0 Å². The van der Waals surface area contributed by atoms with Crippen LogP contribution in [0.2, 0.25) is 0 Å². The van der Waals surface area contributed by atoms with Gasteiger partial charge in [0.25, 0.3) is 0 Å². The van der Waals surface area contributed by atoms with E-state index in [4.69, 9.17) is 21.2 Å². The molecular formula is C25H30N8O. The standard InChI is InChI=1S/C25H30N8O/c1-3-34-22-7-5-18(13-29-22)31-19-4-6-21-28-14-20(33(21)15-19)23-16(2)12-30-24(32-23)25(27)10-8-17(26)9-11-25/h4-7,12-15,17,31H,3,8-11,26-27H2,1-2H3. The molecule has 5 N–H and O–H groups in total. The third-order valence-electron chi connectivity index (χ3n) is 6.40. The summed E-state index contributed by atoms with van der Waals surface area (Å²) in [4.78, 5) is 18.5. The van der Waals surface area contributed by atoms with Crippen molar-refractivity contribution in [3.63, 3.8) is 0 Å². The van der Waals surface area contributed by atoms with Gasteiger partial charge in [-0.2, -0.15) is 0 Å². The number of nitrogens with one attached hydrogen (secondary N) is 1. The predicted molar refractivity (Wildman–Crippen MR) is 132 cm³/mol. The average molecular weight is 459 g/mol. The Morgan fingerprint density at radius 1 is 1.06 bits per heavy atom. The number of aryl methyl sites for hydroxylation is 1. The Hall–Kier alpha value is -3.56. The Balaban J connectivity index is 1.47. The van der Waals surface area contributed by atoms with Crippen molar-refractivity contribution in [3.05, 3.63) is 60.4 Å². The zero-order valence-electron chi connectivity index (χ0n) is 19.5. The van der Waals surface area contributed by atoms with Gasteiger partial charge in [-0.25, -0.2) is 19.9 Å². The van der Waals surface area contributed by atoms with E-state index in [-0.39, 0.29) is 6.04 Å². The summed E-state index contributed by atoms with van der Waals surface area (Å²) in [6.45, 7) is 4.53. The molecule has 0 radical (unpaired) electrons.